The third kappa shape index (κ3) is 8.78. The largest absolute Gasteiger partial charge is 0.488 e. The van der Waals surface area contributed by atoms with Crippen molar-refractivity contribution in [3.05, 3.63) is 131 Å². The second kappa shape index (κ2) is 18.2. The van der Waals surface area contributed by atoms with Crippen molar-refractivity contribution in [2.24, 2.45) is 0 Å². The van der Waals surface area contributed by atoms with Crippen LogP contribution < -0.4 is 20.1 Å². The minimum Gasteiger partial charge on any atom is -0.488 e. The summed E-state index contributed by atoms with van der Waals surface area (Å²) in [4.78, 5) is 71.4. The highest BCUT2D eigenvalue weighted by Gasteiger charge is 2.33. The molecule has 63 heavy (non-hydrogen) atoms. The fourth-order valence-electron chi connectivity index (χ4n) is 7.91. The molecule has 3 atom stereocenters. The van der Waals surface area contributed by atoms with Crippen LogP contribution >= 0.6 is 0 Å². The molecule has 16 heteroatoms. The number of aromatic nitrogens is 4. The van der Waals surface area contributed by atoms with E-state index in [0.717, 1.165) is 56.3 Å². The molecule has 2 aliphatic rings. The molecule has 0 radical (unpaired) electrons. The maximum atomic E-state index is 14.1. The number of imidazole rings is 2. The van der Waals surface area contributed by atoms with Crippen LogP contribution in [-0.4, -0.2) is 81.0 Å². The Morgan fingerprint density at radius 1 is 0.698 bits per heavy atom. The fraction of sp³-hybridized carbons (Fsp3) is 0.277. The maximum Gasteiger partial charge on any atom is 0.407 e. The zero-order valence-corrected chi connectivity index (χ0v) is 35.6. The summed E-state index contributed by atoms with van der Waals surface area (Å²) in [6.45, 7) is 4.94. The Kier molecular flexibility index (Phi) is 12.1. The number of likely N-dealkylation sites (N-methyl/N-ethyl adjacent to an activating group) is 1. The van der Waals surface area contributed by atoms with Crippen LogP contribution in [0.3, 0.4) is 0 Å². The van der Waals surface area contributed by atoms with Crippen molar-refractivity contribution < 1.29 is 38.1 Å². The van der Waals surface area contributed by atoms with Crippen LogP contribution in [0, 0.1) is 0 Å². The van der Waals surface area contributed by atoms with E-state index in [4.69, 9.17) is 18.9 Å². The van der Waals surface area contributed by atoms with Gasteiger partial charge in [-0.15, -0.1) is 0 Å². The van der Waals surface area contributed by atoms with E-state index in [1.807, 2.05) is 50.2 Å². The minimum absolute atomic E-state index is 0.158. The summed E-state index contributed by atoms with van der Waals surface area (Å²) in [5.41, 5.74) is 8.34. The SMILES string of the molecule is CC[C@H](C)N(Cc1ncc(-c2cc3c4c(c2)OCc2cc(-c5cnc(CN(C)C(=O)[C@H](NC(=O)OC)c6ccccc6)[nH]5)cc(c2-4)OC3)[nH]1)C(=O)[C@H](NC(=O)OC)c1ccccc1. The van der Waals surface area contributed by atoms with Crippen molar-refractivity contribution in [1.82, 2.24) is 40.4 Å². The smallest absolute Gasteiger partial charge is 0.407 e. The summed E-state index contributed by atoms with van der Waals surface area (Å²) < 4.78 is 22.4. The van der Waals surface area contributed by atoms with Crippen molar-refractivity contribution >= 4 is 24.0 Å². The number of hydrogen-bond acceptors (Lipinski definition) is 10. The first-order chi connectivity index (χ1) is 30.5. The van der Waals surface area contributed by atoms with Crippen LogP contribution in [0.2, 0.25) is 0 Å². The third-order valence-electron chi connectivity index (χ3n) is 11.4. The van der Waals surface area contributed by atoms with E-state index in [2.05, 4.69) is 42.7 Å². The quantitative estimate of drug-likeness (QED) is 0.0871. The number of H-pyrrole nitrogens is 2. The number of nitrogens with zero attached hydrogens (tertiary/aromatic N) is 4. The second-order valence-corrected chi connectivity index (χ2v) is 15.5. The highest BCUT2D eigenvalue weighted by atomic mass is 16.5. The third-order valence-corrected chi connectivity index (χ3v) is 11.4. The van der Waals surface area contributed by atoms with Gasteiger partial charge in [0.2, 0.25) is 5.91 Å². The van der Waals surface area contributed by atoms with Crippen molar-refractivity contribution in [1.29, 1.82) is 0 Å². The molecule has 0 saturated heterocycles. The van der Waals surface area contributed by atoms with Gasteiger partial charge in [0.15, 0.2) is 0 Å². The second-order valence-electron chi connectivity index (χ2n) is 15.5. The van der Waals surface area contributed by atoms with E-state index in [1.54, 1.807) is 60.7 Å². The number of amides is 4. The fourth-order valence-corrected chi connectivity index (χ4v) is 7.91. The Labute approximate surface area is 363 Å². The van der Waals surface area contributed by atoms with Gasteiger partial charge in [-0.05, 0) is 48.7 Å². The first kappa shape index (κ1) is 42.1. The molecular weight excluding hydrogens is 805 g/mol. The monoisotopic (exact) mass is 852 g/mol. The molecule has 2 aliphatic heterocycles. The lowest BCUT2D eigenvalue weighted by Gasteiger charge is -2.32. The van der Waals surface area contributed by atoms with Crippen molar-refractivity contribution in [3.8, 4) is 45.1 Å². The van der Waals surface area contributed by atoms with Crippen LogP contribution in [0.4, 0.5) is 9.59 Å². The van der Waals surface area contributed by atoms with E-state index < -0.39 is 24.3 Å². The first-order valence-corrected chi connectivity index (χ1v) is 20.6. The summed E-state index contributed by atoms with van der Waals surface area (Å²) >= 11 is 0. The van der Waals surface area contributed by atoms with Gasteiger partial charge >= 0.3 is 12.2 Å². The zero-order chi connectivity index (χ0) is 44.2. The number of hydrogen-bond donors (Lipinski definition) is 4. The molecule has 0 fully saturated rings. The van der Waals surface area contributed by atoms with Gasteiger partial charge in [0.05, 0.1) is 51.1 Å². The number of carbonyl (C=O) groups excluding carboxylic acids is 4. The molecule has 324 valence electrons. The maximum absolute atomic E-state index is 14.1. The number of aromatic amines is 2. The number of rotatable bonds is 14. The van der Waals surface area contributed by atoms with Crippen LogP contribution in [-0.2, 0) is 45.4 Å². The van der Waals surface area contributed by atoms with Crippen LogP contribution in [0.15, 0.2) is 97.3 Å². The molecule has 0 unspecified atom stereocenters. The molecule has 16 nitrogen and oxygen atoms in total. The number of ether oxygens (including phenoxy) is 4. The van der Waals surface area contributed by atoms with E-state index in [1.165, 1.54) is 19.1 Å². The molecule has 4 aromatic carbocycles. The predicted octanol–water partition coefficient (Wildman–Crippen LogP) is 7.20. The summed E-state index contributed by atoms with van der Waals surface area (Å²) in [5, 5.41) is 5.35. The molecule has 2 aromatic heterocycles. The Morgan fingerprint density at radius 2 is 1.16 bits per heavy atom. The van der Waals surface area contributed by atoms with Gasteiger partial charge in [-0.1, -0.05) is 67.6 Å². The molecule has 4 N–H and O–H groups in total. The van der Waals surface area contributed by atoms with E-state index in [9.17, 15) is 19.2 Å². The molecule has 8 rings (SSSR count). The standard InChI is InChI=1S/C47H48N8O8/c1-6-27(2)55(45(57)43(53-47(59)61-5)29-15-11-8-12-16-29)24-39-49-22-35(51-39)31-18-33-26-62-36-19-30(17-32-25-63-37(20-31)41(33)40(32)36)34-21-48-38(50-34)23-54(3)44(56)42(52-46(58)60-4)28-13-9-7-10-14-28/h7-22,27,42-43H,6,23-26H2,1-5H3,(H,48,50)(H,49,51)(H,52,58)(H,53,59)/t27-,42+,43+/m0/s1. The van der Waals surface area contributed by atoms with Gasteiger partial charge in [-0.25, -0.2) is 19.6 Å². The Bertz CT molecular complexity index is 2600. The van der Waals surface area contributed by atoms with Crippen LogP contribution in [0.1, 0.15) is 66.3 Å². The topological polar surface area (TPSA) is 193 Å². The minimum atomic E-state index is -0.948. The summed E-state index contributed by atoms with van der Waals surface area (Å²) in [6, 6.07) is 24.1. The summed E-state index contributed by atoms with van der Waals surface area (Å²) in [6.07, 6.45) is 2.74. The zero-order valence-electron chi connectivity index (χ0n) is 35.6. The highest BCUT2D eigenvalue weighted by Crippen LogP contribution is 2.50. The Balaban J connectivity index is 0.995. The lowest BCUT2D eigenvalue weighted by atomic mass is 9.87. The molecule has 0 saturated carbocycles. The van der Waals surface area contributed by atoms with Crippen LogP contribution in [0.5, 0.6) is 11.5 Å². The van der Waals surface area contributed by atoms with Gasteiger partial charge in [-0.2, -0.15) is 0 Å². The van der Waals surface area contributed by atoms with Crippen molar-refractivity contribution in [2.45, 2.75) is 64.7 Å². The van der Waals surface area contributed by atoms with E-state index >= 15 is 0 Å². The lowest BCUT2D eigenvalue weighted by Crippen LogP contribution is -2.46. The van der Waals surface area contributed by atoms with Gasteiger partial charge in [-0.3, -0.25) is 9.59 Å². The average Bonchev–Trinajstić information content (AvgIpc) is 4.00. The number of nitrogens with one attached hydrogen (secondary N) is 4. The van der Waals surface area contributed by atoms with Gasteiger partial charge in [0, 0.05) is 46.5 Å². The molecular formula is C47H48N8O8. The molecule has 6 aromatic rings. The van der Waals surface area contributed by atoms with E-state index in [-0.39, 0.29) is 30.9 Å². The number of methoxy groups -OCH3 is 2. The molecule has 4 heterocycles. The van der Waals surface area contributed by atoms with Gasteiger partial charge in [0.1, 0.15) is 48.4 Å². The molecule has 0 aliphatic carbocycles. The number of alkyl carbamates (subject to hydrolysis) is 2. The average molecular weight is 853 g/mol. The Hall–Kier alpha value is -7.62. The number of carbonyl (C=O) groups is 4. The summed E-state index contributed by atoms with van der Waals surface area (Å²) in [5.74, 6) is 1.98. The molecule has 0 spiro atoms. The van der Waals surface area contributed by atoms with Crippen molar-refractivity contribution in [3.63, 3.8) is 0 Å². The lowest BCUT2D eigenvalue weighted by molar-refractivity contribution is -0.136. The normalized spacial score (nSPS) is 13.5. The molecule has 4 amide bonds. The first-order valence-electron chi connectivity index (χ1n) is 20.6. The van der Waals surface area contributed by atoms with Gasteiger partial charge in [0.25, 0.3) is 5.91 Å². The predicted molar refractivity (Wildman–Crippen MR) is 232 cm³/mol. The number of benzene rings is 4. The Morgan fingerprint density at radius 3 is 1.62 bits per heavy atom. The highest BCUT2D eigenvalue weighted by molar-refractivity contribution is 5.89. The molecule has 0 bridgehead atoms. The van der Waals surface area contributed by atoms with Crippen LogP contribution in [0.25, 0.3) is 33.6 Å². The van der Waals surface area contributed by atoms with Gasteiger partial charge < -0.3 is 49.3 Å². The summed E-state index contributed by atoms with van der Waals surface area (Å²) in [7, 11) is 4.17. The van der Waals surface area contributed by atoms with E-state index in [0.29, 0.717) is 42.4 Å². The van der Waals surface area contributed by atoms with Crippen molar-refractivity contribution in [2.75, 3.05) is 21.3 Å².